The molecule has 84 valence electrons. The highest BCUT2D eigenvalue weighted by molar-refractivity contribution is 4.97. The van der Waals surface area contributed by atoms with Crippen molar-refractivity contribution in [1.29, 1.82) is 0 Å². The van der Waals surface area contributed by atoms with Crippen molar-refractivity contribution in [2.75, 3.05) is 13.7 Å². The van der Waals surface area contributed by atoms with Crippen molar-refractivity contribution in [1.82, 2.24) is 10.3 Å². The van der Waals surface area contributed by atoms with Crippen LogP contribution in [0.15, 0.2) is 10.6 Å². The molecule has 1 saturated carbocycles. The zero-order chi connectivity index (χ0) is 10.7. The number of rotatable bonds is 6. The normalized spacial score (nSPS) is 18.0. The average Bonchev–Trinajstić information content (AvgIpc) is 2.94. The molecule has 1 fully saturated rings. The Kier molecular flexibility index (Phi) is 3.38. The van der Waals surface area contributed by atoms with Gasteiger partial charge in [0.25, 0.3) is 0 Å². The zero-order valence-electron chi connectivity index (χ0n) is 9.32. The average molecular weight is 210 g/mol. The molecule has 15 heavy (non-hydrogen) atoms. The van der Waals surface area contributed by atoms with Gasteiger partial charge in [-0.25, -0.2) is 4.98 Å². The van der Waals surface area contributed by atoms with Crippen LogP contribution in [0.4, 0.5) is 0 Å². The number of oxazole rings is 1. The number of hydrogen-bond acceptors (Lipinski definition) is 4. The summed E-state index contributed by atoms with van der Waals surface area (Å²) in [6.07, 6.45) is 5.23. The molecule has 1 aliphatic carbocycles. The van der Waals surface area contributed by atoms with Gasteiger partial charge >= 0.3 is 0 Å². The second-order valence-electron chi connectivity index (χ2n) is 4.01. The van der Waals surface area contributed by atoms with Crippen LogP contribution in [0.3, 0.4) is 0 Å². The maximum absolute atomic E-state index is 5.56. The van der Waals surface area contributed by atoms with Crippen molar-refractivity contribution < 1.29 is 9.15 Å². The summed E-state index contributed by atoms with van der Waals surface area (Å²) in [6, 6.07) is 0.748. The summed E-state index contributed by atoms with van der Waals surface area (Å²) in [5, 5.41) is 3.43. The Morgan fingerprint density at radius 2 is 2.47 bits per heavy atom. The van der Waals surface area contributed by atoms with Gasteiger partial charge in [-0.3, -0.25) is 0 Å². The lowest BCUT2D eigenvalue weighted by Crippen LogP contribution is -2.19. The minimum Gasteiger partial charge on any atom is -0.443 e. The summed E-state index contributed by atoms with van der Waals surface area (Å²) in [5.41, 5.74) is 0. The third-order valence-electron chi connectivity index (χ3n) is 2.67. The molecule has 0 spiro atoms. The summed E-state index contributed by atoms with van der Waals surface area (Å²) >= 11 is 0. The molecule has 4 heteroatoms. The van der Waals surface area contributed by atoms with E-state index in [9.17, 15) is 0 Å². The predicted molar refractivity (Wildman–Crippen MR) is 56.7 cm³/mol. The van der Waals surface area contributed by atoms with E-state index in [0.29, 0.717) is 0 Å². The number of aromatic nitrogens is 1. The smallest absolute Gasteiger partial charge is 0.195 e. The first kappa shape index (κ1) is 10.6. The molecule has 1 aliphatic rings. The van der Waals surface area contributed by atoms with Crippen LogP contribution in [-0.2, 0) is 11.2 Å². The molecule has 4 nitrogen and oxygen atoms in total. The minimum absolute atomic E-state index is 0.0114. The zero-order valence-corrected chi connectivity index (χ0v) is 9.32. The molecule has 0 saturated heterocycles. The van der Waals surface area contributed by atoms with Gasteiger partial charge in [0.05, 0.1) is 6.20 Å². The molecule has 1 heterocycles. The first-order valence-electron chi connectivity index (χ1n) is 5.50. The predicted octanol–water partition coefficient (Wildman–Crippen LogP) is 1.68. The van der Waals surface area contributed by atoms with Gasteiger partial charge in [-0.05, 0) is 19.8 Å². The van der Waals surface area contributed by atoms with Gasteiger partial charge < -0.3 is 14.5 Å². The highest BCUT2D eigenvalue weighted by Crippen LogP contribution is 2.19. The minimum atomic E-state index is -0.0114. The Balaban J connectivity index is 1.77. The molecular weight excluding hydrogens is 192 g/mol. The maximum Gasteiger partial charge on any atom is 0.195 e. The van der Waals surface area contributed by atoms with Crippen LogP contribution in [-0.4, -0.2) is 24.7 Å². The molecule has 0 bridgehead atoms. The molecule has 0 aromatic carbocycles. The summed E-state index contributed by atoms with van der Waals surface area (Å²) in [4.78, 5) is 4.22. The van der Waals surface area contributed by atoms with Crippen molar-refractivity contribution >= 4 is 0 Å². The third kappa shape index (κ3) is 3.04. The van der Waals surface area contributed by atoms with Crippen molar-refractivity contribution in [3.8, 4) is 0 Å². The van der Waals surface area contributed by atoms with E-state index in [0.717, 1.165) is 30.7 Å². The number of methoxy groups -OCH3 is 1. The maximum atomic E-state index is 5.56. The van der Waals surface area contributed by atoms with E-state index >= 15 is 0 Å². The van der Waals surface area contributed by atoms with Gasteiger partial charge in [-0.15, -0.1) is 0 Å². The van der Waals surface area contributed by atoms with Crippen molar-refractivity contribution in [2.24, 2.45) is 0 Å². The molecule has 1 aromatic heterocycles. The third-order valence-corrected chi connectivity index (χ3v) is 2.67. The van der Waals surface area contributed by atoms with E-state index in [1.807, 2.05) is 6.92 Å². The lowest BCUT2D eigenvalue weighted by Gasteiger charge is -2.03. The molecule has 0 radical (unpaired) electrons. The largest absolute Gasteiger partial charge is 0.443 e. The second-order valence-corrected chi connectivity index (χ2v) is 4.01. The SMILES string of the molecule is COC(C)c1cnc(CCNC2CC2)o1. The van der Waals surface area contributed by atoms with Gasteiger partial charge in [-0.1, -0.05) is 0 Å². The second kappa shape index (κ2) is 4.77. The van der Waals surface area contributed by atoms with Crippen LogP contribution in [0.5, 0.6) is 0 Å². The molecule has 1 aromatic rings. The first-order valence-corrected chi connectivity index (χ1v) is 5.50. The van der Waals surface area contributed by atoms with Crippen molar-refractivity contribution in [3.63, 3.8) is 0 Å². The summed E-state index contributed by atoms with van der Waals surface area (Å²) in [5.74, 6) is 1.60. The summed E-state index contributed by atoms with van der Waals surface area (Å²) in [6.45, 7) is 2.90. The number of hydrogen-bond donors (Lipinski definition) is 1. The quantitative estimate of drug-likeness (QED) is 0.776. The van der Waals surface area contributed by atoms with Crippen LogP contribution in [0.2, 0.25) is 0 Å². The lowest BCUT2D eigenvalue weighted by molar-refractivity contribution is 0.0983. The molecule has 1 unspecified atom stereocenters. The van der Waals surface area contributed by atoms with Crippen LogP contribution in [0.25, 0.3) is 0 Å². The molecule has 0 amide bonds. The Morgan fingerprint density at radius 3 is 3.13 bits per heavy atom. The van der Waals surface area contributed by atoms with Crippen LogP contribution >= 0.6 is 0 Å². The summed E-state index contributed by atoms with van der Waals surface area (Å²) < 4.78 is 10.7. The van der Waals surface area contributed by atoms with E-state index in [2.05, 4.69) is 10.3 Å². The fraction of sp³-hybridized carbons (Fsp3) is 0.727. The molecular formula is C11H18N2O2. The molecule has 2 rings (SSSR count). The fourth-order valence-corrected chi connectivity index (χ4v) is 1.41. The van der Waals surface area contributed by atoms with Crippen molar-refractivity contribution in [3.05, 3.63) is 17.8 Å². The Bertz CT molecular complexity index is 307. The Labute approximate surface area is 90.0 Å². The van der Waals surface area contributed by atoms with E-state index < -0.39 is 0 Å². The Morgan fingerprint density at radius 1 is 1.67 bits per heavy atom. The monoisotopic (exact) mass is 210 g/mol. The topological polar surface area (TPSA) is 47.3 Å². The fourth-order valence-electron chi connectivity index (χ4n) is 1.41. The molecule has 1 N–H and O–H groups in total. The molecule has 0 aliphatic heterocycles. The van der Waals surface area contributed by atoms with Gasteiger partial charge in [0.2, 0.25) is 0 Å². The number of nitrogens with zero attached hydrogens (tertiary/aromatic N) is 1. The highest BCUT2D eigenvalue weighted by Gasteiger charge is 2.20. The van der Waals surface area contributed by atoms with E-state index in [1.54, 1.807) is 13.3 Å². The van der Waals surface area contributed by atoms with E-state index in [4.69, 9.17) is 9.15 Å². The van der Waals surface area contributed by atoms with Crippen LogP contribution in [0.1, 0.15) is 37.5 Å². The standard InChI is InChI=1S/C11H18N2O2/c1-8(14-2)10-7-13-11(15-10)5-6-12-9-3-4-9/h7-9,12H,3-6H2,1-2H3. The summed E-state index contributed by atoms with van der Waals surface area (Å²) in [7, 11) is 1.67. The van der Waals surface area contributed by atoms with Crippen molar-refractivity contribution in [2.45, 2.75) is 38.3 Å². The van der Waals surface area contributed by atoms with Crippen LogP contribution < -0.4 is 5.32 Å². The van der Waals surface area contributed by atoms with Gasteiger partial charge in [0.1, 0.15) is 6.10 Å². The van der Waals surface area contributed by atoms with Gasteiger partial charge in [0, 0.05) is 26.1 Å². The number of ether oxygens (including phenoxy) is 1. The molecule has 1 atom stereocenters. The van der Waals surface area contributed by atoms with E-state index in [1.165, 1.54) is 12.8 Å². The van der Waals surface area contributed by atoms with Gasteiger partial charge in [0.15, 0.2) is 11.7 Å². The Hall–Kier alpha value is -0.870. The van der Waals surface area contributed by atoms with E-state index in [-0.39, 0.29) is 6.10 Å². The van der Waals surface area contributed by atoms with Crippen LogP contribution in [0, 0.1) is 0 Å². The lowest BCUT2D eigenvalue weighted by atomic mass is 10.3. The first-order chi connectivity index (χ1) is 7.29. The number of nitrogens with one attached hydrogen (secondary N) is 1. The van der Waals surface area contributed by atoms with Gasteiger partial charge in [-0.2, -0.15) is 0 Å². The highest BCUT2D eigenvalue weighted by atomic mass is 16.5.